The summed E-state index contributed by atoms with van der Waals surface area (Å²) in [5, 5.41) is 7.33. The number of hydrogen-bond donors (Lipinski definition) is 2. The van der Waals surface area contributed by atoms with Crippen LogP contribution in [-0.4, -0.2) is 25.2 Å². The molecule has 0 aliphatic carbocycles. The monoisotopic (exact) mass is 224 g/mol. The van der Waals surface area contributed by atoms with Gasteiger partial charge in [-0.25, -0.2) is 0 Å². The molecule has 2 bridgehead atoms. The zero-order valence-electron chi connectivity index (χ0n) is 11.0. The number of nitrogens with one attached hydrogen (secondary N) is 2. The van der Waals surface area contributed by atoms with Gasteiger partial charge in [0.15, 0.2) is 0 Å². The SMILES string of the molecule is CCC(C)CNCCC1CC2CCC(C1)N2. The third-order valence-electron chi connectivity index (χ3n) is 4.49. The lowest BCUT2D eigenvalue weighted by molar-refractivity contribution is 0.282. The van der Waals surface area contributed by atoms with E-state index in [1.165, 1.54) is 51.6 Å². The second-order valence-electron chi connectivity index (χ2n) is 5.98. The van der Waals surface area contributed by atoms with Crippen molar-refractivity contribution in [3.63, 3.8) is 0 Å². The van der Waals surface area contributed by atoms with E-state index < -0.39 is 0 Å². The molecule has 2 aliphatic heterocycles. The van der Waals surface area contributed by atoms with Gasteiger partial charge in [-0.05, 0) is 57.0 Å². The minimum Gasteiger partial charge on any atom is -0.316 e. The van der Waals surface area contributed by atoms with E-state index in [0.717, 1.165) is 23.9 Å². The van der Waals surface area contributed by atoms with Crippen molar-refractivity contribution in [2.24, 2.45) is 11.8 Å². The molecule has 0 saturated carbocycles. The average molecular weight is 224 g/mol. The van der Waals surface area contributed by atoms with Gasteiger partial charge in [-0.1, -0.05) is 20.3 Å². The first kappa shape index (κ1) is 12.4. The van der Waals surface area contributed by atoms with Crippen LogP contribution >= 0.6 is 0 Å². The molecule has 2 rings (SSSR count). The van der Waals surface area contributed by atoms with Crippen molar-refractivity contribution in [1.29, 1.82) is 0 Å². The molecule has 2 heteroatoms. The van der Waals surface area contributed by atoms with Gasteiger partial charge in [0.1, 0.15) is 0 Å². The number of fused-ring (bicyclic) bond motifs is 2. The Bertz CT molecular complexity index is 193. The molecule has 2 saturated heterocycles. The highest BCUT2D eigenvalue weighted by atomic mass is 15.0. The van der Waals surface area contributed by atoms with Crippen molar-refractivity contribution < 1.29 is 0 Å². The van der Waals surface area contributed by atoms with Gasteiger partial charge in [0.2, 0.25) is 0 Å². The minimum atomic E-state index is 0.837. The Morgan fingerprint density at radius 3 is 2.56 bits per heavy atom. The summed E-state index contributed by atoms with van der Waals surface area (Å²) in [6.07, 6.45) is 8.42. The molecule has 0 radical (unpaired) electrons. The molecule has 94 valence electrons. The topological polar surface area (TPSA) is 24.1 Å². The normalized spacial score (nSPS) is 35.2. The van der Waals surface area contributed by atoms with E-state index in [1.54, 1.807) is 0 Å². The molecule has 2 fully saturated rings. The van der Waals surface area contributed by atoms with Gasteiger partial charge in [0.25, 0.3) is 0 Å². The van der Waals surface area contributed by atoms with Crippen molar-refractivity contribution in [3.8, 4) is 0 Å². The van der Waals surface area contributed by atoms with E-state index in [0.29, 0.717) is 0 Å². The predicted molar refractivity (Wildman–Crippen MR) is 69.6 cm³/mol. The van der Waals surface area contributed by atoms with Crippen molar-refractivity contribution in [2.75, 3.05) is 13.1 Å². The standard InChI is InChI=1S/C14H28N2/c1-3-11(2)10-15-7-6-12-8-13-4-5-14(9-12)16-13/h11-16H,3-10H2,1-2H3. The predicted octanol–water partition coefficient (Wildman–Crippen LogP) is 2.54. The Morgan fingerprint density at radius 1 is 1.25 bits per heavy atom. The van der Waals surface area contributed by atoms with Gasteiger partial charge in [-0.15, -0.1) is 0 Å². The number of rotatable bonds is 6. The van der Waals surface area contributed by atoms with Gasteiger partial charge in [0, 0.05) is 12.1 Å². The Kier molecular flexibility index (Phi) is 4.66. The second-order valence-corrected chi connectivity index (χ2v) is 5.98. The fraction of sp³-hybridized carbons (Fsp3) is 1.00. The van der Waals surface area contributed by atoms with Crippen LogP contribution in [0.2, 0.25) is 0 Å². The highest BCUT2D eigenvalue weighted by Crippen LogP contribution is 2.32. The third kappa shape index (κ3) is 3.46. The summed E-state index contributed by atoms with van der Waals surface area (Å²) in [5.74, 6) is 1.83. The number of hydrogen-bond acceptors (Lipinski definition) is 2. The molecule has 16 heavy (non-hydrogen) atoms. The molecule has 3 atom stereocenters. The average Bonchev–Trinajstić information content (AvgIpc) is 2.64. The lowest BCUT2D eigenvalue weighted by Gasteiger charge is -2.29. The zero-order valence-corrected chi connectivity index (χ0v) is 11.0. The van der Waals surface area contributed by atoms with Crippen LogP contribution < -0.4 is 10.6 Å². The van der Waals surface area contributed by atoms with Gasteiger partial charge in [0.05, 0.1) is 0 Å². The molecule has 2 heterocycles. The Balaban J connectivity index is 1.56. The van der Waals surface area contributed by atoms with Crippen LogP contribution in [0.25, 0.3) is 0 Å². The Morgan fingerprint density at radius 2 is 1.94 bits per heavy atom. The fourth-order valence-electron chi connectivity index (χ4n) is 3.21. The maximum atomic E-state index is 3.72. The fourth-order valence-corrected chi connectivity index (χ4v) is 3.21. The highest BCUT2D eigenvalue weighted by Gasteiger charge is 2.32. The summed E-state index contributed by atoms with van der Waals surface area (Å²) >= 11 is 0. The largest absolute Gasteiger partial charge is 0.316 e. The van der Waals surface area contributed by atoms with Gasteiger partial charge in [-0.3, -0.25) is 0 Å². The zero-order chi connectivity index (χ0) is 11.4. The van der Waals surface area contributed by atoms with E-state index in [4.69, 9.17) is 0 Å². The summed E-state index contributed by atoms with van der Waals surface area (Å²) < 4.78 is 0. The van der Waals surface area contributed by atoms with E-state index in [-0.39, 0.29) is 0 Å². The smallest absolute Gasteiger partial charge is 0.00728 e. The maximum absolute atomic E-state index is 3.72. The summed E-state index contributed by atoms with van der Waals surface area (Å²) in [5.41, 5.74) is 0. The quantitative estimate of drug-likeness (QED) is 0.678. The van der Waals surface area contributed by atoms with Gasteiger partial charge < -0.3 is 10.6 Å². The lowest BCUT2D eigenvalue weighted by atomic mass is 9.90. The highest BCUT2D eigenvalue weighted by molar-refractivity contribution is 4.91. The molecule has 2 aliphatic rings. The summed E-state index contributed by atoms with van der Waals surface area (Å²) in [6.45, 7) is 7.04. The molecule has 3 unspecified atom stereocenters. The molecular formula is C14H28N2. The van der Waals surface area contributed by atoms with Crippen molar-refractivity contribution >= 4 is 0 Å². The van der Waals surface area contributed by atoms with E-state index in [2.05, 4.69) is 24.5 Å². The lowest BCUT2D eigenvalue weighted by Crippen LogP contribution is -2.39. The minimum absolute atomic E-state index is 0.837. The van der Waals surface area contributed by atoms with E-state index in [9.17, 15) is 0 Å². The van der Waals surface area contributed by atoms with E-state index >= 15 is 0 Å². The molecule has 0 aromatic heterocycles. The molecule has 0 spiro atoms. The molecule has 2 N–H and O–H groups in total. The van der Waals surface area contributed by atoms with Crippen LogP contribution in [0.4, 0.5) is 0 Å². The van der Waals surface area contributed by atoms with Crippen molar-refractivity contribution in [3.05, 3.63) is 0 Å². The maximum Gasteiger partial charge on any atom is 0.00728 e. The third-order valence-corrected chi connectivity index (χ3v) is 4.49. The van der Waals surface area contributed by atoms with Crippen LogP contribution in [0.15, 0.2) is 0 Å². The summed E-state index contributed by atoms with van der Waals surface area (Å²) in [7, 11) is 0. The summed E-state index contributed by atoms with van der Waals surface area (Å²) in [6, 6.07) is 1.72. The van der Waals surface area contributed by atoms with Crippen LogP contribution in [0.5, 0.6) is 0 Å². The Labute approximate surface area is 101 Å². The summed E-state index contributed by atoms with van der Waals surface area (Å²) in [4.78, 5) is 0. The first-order chi connectivity index (χ1) is 7.78. The van der Waals surface area contributed by atoms with E-state index in [1.807, 2.05) is 0 Å². The molecule has 0 aromatic rings. The molecular weight excluding hydrogens is 196 g/mol. The van der Waals surface area contributed by atoms with Crippen molar-refractivity contribution in [2.45, 2.75) is 64.5 Å². The first-order valence-corrected chi connectivity index (χ1v) is 7.24. The van der Waals surface area contributed by atoms with Crippen LogP contribution in [0.3, 0.4) is 0 Å². The van der Waals surface area contributed by atoms with Crippen LogP contribution in [-0.2, 0) is 0 Å². The second kappa shape index (κ2) is 6.02. The van der Waals surface area contributed by atoms with Gasteiger partial charge in [-0.2, -0.15) is 0 Å². The van der Waals surface area contributed by atoms with Crippen LogP contribution in [0.1, 0.15) is 52.4 Å². The van der Waals surface area contributed by atoms with Crippen molar-refractivity contribution in [1.82, 2.24) is 10.6 Å². The molecule has 2 nitrogen and oxygen atoms in total. The number of piperidine rings is 1. The molecule has 0 aromatic carbocycles. The molecule has 0 amide bonds. The van der Waals surface area contributed by atoms with Crippen LogP contribution in [0, 0.1) is 11.8 Å². The van der Waals surface area contributed by atoms with Gasteiger partial charge >= 0.3 is 0 Å². The first-order valence-electron chi connectivity index (χ1n) is 7.24. The Hall–Kier alpha value is -0.0800.